The van der Waals surface area contributed by atoms with Gasteiger partial charge in [0, 0.05) is 31.2 Å². The van der Waals surface area contributed by atoms with E-state index >= 15 is 0 Å². The van der Waals surface area contributed by atoms with Crippen molar-refractivity contribution in [3.8, 4) is 0 Å². The molecular weight excluding hydrogens is 400 g/mol. The number of aromatic nitrogens is 1. The highest BCUT2D eigenvalue weighted by atomic mass is 15.1. The van der Waals surface area contributed by atoms with Crippen LogP contribution in [-0.4, -0.2) is 23.0 Å². The van der Waals surface area contributed by atoms with Crippen LogP contribution in [0.1, 0.15) is 86.6 Å². The van der Waals surface area contributed by atoms with Crippen molar-refractivity contribution in [1.29, 1.82) is 0 Å². The van der Waals surface area contributed by atoms with Crippen LogP contribution in [0.25, 0.3) is 11.3 Å². The molecule has 5 rings (SSSR count). The van der Waals surface area contributed by atoms with Gasteiger partial charge in [-0.05, 0) is 121 Å². The third-order valence-electron chi connectivity index (χ3n) is 9.08. The number of aryl methyl sites for hydroxylation is 2. The fourth-order valence-corrected chi connectivity index (χ4v) is 7.42. The largest absolute Gasteiger partial charge is 0.372 e. The molecule has 1 fully saturated rings. The summed E-state index contributed by atoms with van der Waals surface area (Å²) in [6.07, 6.45) is 14.1. The van der Waals surface area contributed by atoms with E-state index in [4.69, 9.17) is 0 Å². The van der Waals surface area contributed by atoms with Gasteiger partial charge in [-0.3, -0.25) is 4.98 Å². The number of hydrogen-bond donors (Lipinski definition) is 0. The molecule has 0 N–H and O–H groups in total. The number of allylic oxidation sites excluding steroid dienone is 2. The lowest BCUT2D eigenvalue weighted by molar-refractivity contribution is 0.0885. The van der Waals surface area contributed by atoms with Gasteiger partial charge in [0.1, 0.15) is 0 Å². The lowest BCUT2D eigenvalue weighted by Crippen LogP contribution is -2.41. The zero-order valence-corrected chi connectivity index (χ0v) is 21.0. The van der Waals surface area contributed by atoms with Crippen molar-refractivity contribution >= 4 is 11.3 Å². The van der Waals surface area contributed by atoms with Gasteiger partial charge in [-0.15, -0.1) is 0 Å². The predicted octanol–water partition coefficient (Wildman–Crippen LogP) is 7.64. The first kappa shape index (κ1) is 22.4. The molecule has 174 valence electrons. The van der Waals surface area contributed by atoms with Crippen molar-refractivity contribution in [3.63, 3.8) is 0 Å². The summed E-state index contributed by atoms with van der Waals surface area (Å²) in [6.45, 7) is 15.8. The molecule has 1 heterocycles. The Bertz CT molecular complexity index is 1080. The lowest BCUT2D eigenvalue weighted by Gasteiger charge is -2.50. The van der Waals surface area contributed by atoms with E-state index in [1.165, 1.54) is 54.5 Å². The molecule has 0 spiro atoms. The Morgan fingerprint density at radius 3 is 2.79 bits per heavy atom. The molecule has 1 saturated carbocycles. The molecule has 4 unspecified atom stereocenters. The molecule has 1 aromatic carbocycles. The molecule has 2 aromatic rings. The summed E-state index contributed by atoms with van der Waals surface area (Å²) < 4.78 is 0. The highest BCUT2D eigenvalue weighted by Gasteiger charge is 2.51. The number of benzene rings is 1. The van der Waals surface area contributed by atoms with Gasteiger partial charge in [-0.25, -0.2) is 0 Å². The van der Waals surface area contributed by atoms with Gasteiger partial charge in [0.2, 0.25) is 0 Å². The van der Waals surface area contributed by atoms with Crippen LogP contribution in [0.4, 0.5) is 0 Å². The molecule has 0 radical (unpaired) electrons. The van der Waals surface area contributed by atoms with Gasteiger partial charge >= 0.3 is 0 Å². The summed E-state index contributed by atoms with van der Waals surface area (Å²) in [5.74, 6) is 2.27. The van der Waals surface area contributed by atoms with Crippen LogP contribution < -0.4 is 0 Å². The van der Waals surface area contributed by atoms with Crippen LogP contribution in [0.2, 0.25) is 0 Å². The summed E-state index contributed by atoms with van der Waals surface area (Å²) in [5.41, 5.74) is 10.2. The second kappa shape index (κ2) is 8.78. The van der Waals surface area contributed by atoms with E-state index in [2.05, 4.69) is 80.7 Å². The molecule has 2 heteroatoms. The minimum Gasteiger partial charge on any atom is -0.372 e. The van der Waals surface area contributed by atoms with Gasteiger partial charge in [-0.1, -0.05) is 38.6 Å². The summed E-state index contributed by atoms with van der Waals surface area (Å²) in [6, 6.07) is 9.62. The summed E-state index contributed by atoms with van der Waals surface area (Å²) in [7, 11) is 0. The van der Waals surface area contributed by atoms with Gasteiger partial charge in [-0.2, -0.15) is 0 Å². The number of rotatable bonds is 6. The Hall–Kier alpha value is -2.35. The van der Waals surface area contributed by atoms with Crippen LogP contribution in [-0.2, 0) is 6.42 Å². The Kier molecular flexibility index (Phi) is 5.97. The van der Waals surface area contributed by atoms with Crippen molar-refractivity contribution in [2.24, 2.45) is 17.3 Å². The van der Waals surface area contributed by atoms with E-state index in [1.807, 2.05) is 6.20 Å². The molecule has 0 aliphatic heterocycles. The fourth-order valence-electron chi connectivity index (χ4n) is 7.42. The summed E-state index contributed by atoms with van der Waals surface area (Å²) in [4.78, 5) is 6.93. The monoisotopic (exact) mass is 440 g/mol. The molecule has 0 saturated heterocycles. The van der Waals surface area contributed by atoms with Crippen molar-refractivity contribution in [2.75, 3.05) is 13.1 Å². The molecule has 4 atom stereocenters. The minimum atomic E-state index is 0.296. The molecule has 2 nitrogen and oxygen atoms in total. The molecule has 1 aromatic heterocycles. The van der Waals surface area contributed by atoms with Crippen molar-refractivity contribution in [2.45, 2.75) is 72.1 Å². The van der Waals surface area contributed by atoms with Crippen molar-refractivity contribution in [3.05, 3.63) is 77.1 Å². The third kappa shape index (κ3) is 3.76. The van der Waals surface area contributed by atoms with Crippen LogP contribution in [0.5, 0.6) is 0 Å². The Morgan fingerprint density at radius 2 is 2.03 bits per heavy atom. The standard InChI is InChI=1S/C31H40N2/c1-6-16-33(7-2)22(4)23-8-10-26-24(18-23)9-11-28-27(26)14-15-31(5)29(12-13-30(28)31)25-17-21(3)19-32-20-25/h8,10,12,17-20,27-28,30H,4,6-7,9,11,13-16H2,1-3,5H3. The van der Waals surface area contributed by atoms with Crippen molar-refractivity contribution < 1.29 is 0 Å². The van der Waals surface area contributed by atoms with Crippen LogP contribution in [0, 0.1) is 24.2 Å². The second-order valence-corrected chi connectivity index (χ2v) is 10.9. The summed E-state index contributed by atoms with van der Waals surface area (Å²) in [5, 5.41) is 0. The van der Waals surface area contributed by atoms with Gasteiger partial charge in [0.25, 0.3) is 0 Å². The fraction of sp³-hybridized carbons (Fsp3) is 0.516. The molecule has 33 heavy (non-hydrogen) atoms. The molecule has 3 aliphatic rings. The number of fused-ring (bicyclic) bond motifs is 5. The maximum absolute atomic E-state index is 4.51. The van der Waals surface area contributed by atoms with Crippen LogP contribution in [0.3, 0.4) is 0 Å². The molecule has 3 aliphatic carbocycles. The lowest BCUT2D eigenvalue weighted by atomic mass is 9.54. The van der Waals surface area contributed by atoms with Crippen molar-refractivity contribution in [1.82, 2.24) is 9.88 Å². The highest BCUT2D eigenvalue weighted by Crippen LogP contribution is 2.63. The number of hydrogen-bond acceptors (Lipinski definition) is 2. The van der Waals surface area contributed by atoms with E-state index in [1.54, 1.807) is 16.7 Å². The quantitative estimate of drug-likeness (QED) is 0.459. The van der Waals surface area contributed by atoms with E-state index < -0.39 is 0 Å². The third-order valence-corrected chi connectivity index (χ3v) is 9.08. The van der Waals surface area contributed by atoms with E-state index in [9.17, 15) is 0 Å². The first-order chi connectivity index (χ1) is 16.0. The molecule has 0 bridgehead atoms. The SMILES string of the molecule is C=C(c1ccc2c(c1)CCC1C2CCC2(C)C(c3cncc(C)c3)=CCC12)N(CC)CCC. The zero-order valence-electron chi connectivity index (χ0n) is 21.0. The van der Waals surface area contributed by atoms with E-state index in [0.29, 0.717) is 5.41 Å². The van der Waals surface area contributed by atoms with Gasteiger partial charge in [0.15, 0.2) is 0 Å². The van der Waals surface area contributed by atoms with Crippen LogP contribution in [0.15, 0.2) is 49.3 Å². The average Bonchev–Trinajstić information content (AvgIpc) is 3.18. The normalized spacial score (nSPS) is 27.9. The molecular formula is C31H40N2. The molecule has 0 amide bonds. The average molecular weight is 441 g/mol. The highest BCUT2D eigenvalue weighted by molar-refractivity contribution is 5.73. The predicted molar refractivity (Wildman–Crippen MR) is 140 cm³/mol. The summed E-state index contributed by atoms with van der Waals surface area (Å²) >= 11 is 0. The number of nitrogens with zero attached hydrogens (tertiary/aromatic N) is 2. The van der Waals surface area contributed by atoms with Gasteiger partial charge < -0.3 is 4.90 Å². The van der Waals surface area contributed by atoms with E-state index in [-0.39, 0.29) is 0 Å². The first-order valence-electron chi connectivity index (χ1n) is 13.2. The maximum atomic E-state index is 4.51. The Balaban J connectivity index is 1.39. The number of pyridine rings is 1. The second-order valence-electron chi connectivity index (χ2n) is 10.9. The topological polar surface area (TPSA) is 16.1 Å². The van der Waals surface area contributed by atoms with Crippen LogP contribution >= 0.6 is 0 Å². The zero-order chi connectivity index (χ0) is 23.2. The first-order valence-corrected chi connectivity index (χ1v) is 13.2. The smallest absolute Gasteiger partial charge is 0.0366 e. The minimum absolute atomic E-state index is 0.296. The van der Waals surface area contributed by atoms with E-state index in [0.717, 1.165) is 37.3 Å². The maximum Gasteiger partial charge on any atom is 0.0366 e. The van der Waals surface area contributed by atoms with Gasteiger partial charge in [0.05, 0.1) is 0 Å². The Labute approximate surface area is 200 Å². The Morgan fingerprint density at radius 1 is 1.18 bits per heavy atom.